The van der Waals surface area contributed by atoms with Gasteiger partial charge < -0.3 is 9.80 Å². The third kappa shape index (κ3) is 2.62. The molecule has 3 aliphatic rings. The minimum atomic E-state index is -2.82. The molecule has 5 heterocycles. The van der Waals surface area contributed by atoms with Crippen molar-refractivity contribution in [1.82, 2.24) is 29.3 Å². The molecule has 3 fully saturated rings. The number of amides is 1. The average Bonchev–Trinajstić information content (AvgIpc) is 3.10. The lowest BCUT2D eigenvalue weighted by atomic mass is 10.1. The first-order valence-electron chi connectivity index (χ1n) is 10.2. The zero-order valence-corrected chi connectivity index (χ0v) is 16.4. The van der Waals surface area contributed by atoms with Crippen molar-refractivity contribution in [2.45, 2.75) is 37.3 Å². The van der Waals surface area contributed by atoms with Gasteiger partial charge in [-0.3, -0.25) is 9.48 Å². The third-order valence-electron chi connectivity index (χ3n) is 6.53. The molecule has 156 valence electrons. The molecule has 2 aliphatic heterocycles. The highest BCUT2D eigenvalue weighted by atomic mass is 19.3. The number of aromatic nitrogens is 5. The number of hydrogen-bond acceptors (Lipinski definition) is 5. The van der Waals surface area contributed by atoms with E-state index in [1.807, 2.05) is 25.5 Å². The molecule has 3 aromatic heterocycles. The summed E-state index contributed by atoms with van der Waals surface area (Å²) in [5.74, 6) is -3.52. The van der Waals surface area contributed by atoms with Crippen molar-refractivity contribution in [3.8, 4) is 11.3 Å². The van der Waals surface area contributed by atoms with Crippen LogP contribution in [-0.4, -0.2) is 66.3 Å². The number of fused-ring (bicyclic) bond motifs is 3. The lowest BCUT2D eigenvalue weighted by Gasteiger charge is -2.42. The second-order valence-corrected chi connectivity index (χ2v) is 8.57. The molecule has 30 heavy (non-hydrogen) atoms. The number of hydrogen-bond donors (Lipinski definition) is 0. The molecule has 8 nitrogen and oxygen atoms in total. The third-order valence-corrected chi connectivity index (χ3v) is 6.53. The van der Waals surface area contributed by atoms with E-state index < -0.39 is 11.8 Å². The Morgan fingerprint density at radius 2 is 1.90 bits per heavy atom. The number of halogens is 2. The summed E-state index contributed by atoms with van der Waals surface area (Å²) in [4.78, 5) is 21.5. The highest BCUT2D eigenvalue weighted by molar-refractivity contribution is 5.84. The van der Waals surface area contributed by atoms with E-state index in [0.717, 1.165) is 35.4 Å². The molecule has 0 aromatic carbocycles. The molecule has 2 bridgehead atoms. The maximum atomic E-state index is 13.5. The van der Waals surface area contributed by atoms with Crippen LogP contribution in [0.25, 0.3) is 16.8 Å². The highest BCUT2D eigenvalue weighted by Gasteiger charge is 2.64. The first-order valence-corrected chi connectivity index (χ1v) is 10.2. The molecule has 3 aromatic rings. The van der Waals surface area contributed by atoms with Crippen molar-refractivity contribution >= 4 is 17.2 Å². The van der Waals surface area contributed by atoms with E-state index in [0.29, 0.717) is 13.1 Å². The molecule has 0 N–H and O–H groups in total. The summed E-state index contributed by atoms with van der Waals surface area (Å²) >= 11 is 0. The van der Waals surface area contributed by atoms with Crippen LogP contribution in [0.1, 0.15) is 19.3 Å². The Morgan fingerprint density at radius 1 is 1.17 bits per heavy atom. The van der Waals surface area contributed by atoms with E-state index in [1.54, 1.807) is 26.5 Å². The van der Waals surface area contributed by atoms with Crippen LogP contribution in [0.3, 0.4) is 0 Å². The van der Waals surface area contributed by atoms with Gasteiger partial charge in [-0.15, -0.1) is 0 Å². The molecule has 2 saturated heterocycles. The molecule has 6 rings (SSSR count). The van der Waals surface area contributed by atoms with Crippen molar-refractivity contribution in [3.63, 3.8) is 0 Å². The fourth-order valence-electron chi connectivity index (χ4n) is 4.93. The number of piperazine rings is 1. The Bertz CT molecular complexity index is 1140. The van der Waals surface area contributed by atoms with Gasteiger partial charge in [0.15, 0.2) is 5.82 Å². The van der Waals surface area contributed by atoms with E-state index in [-0.39, 0.29) is 24.4 Å². The van der Waals surface area contributed by atoms with Crippen molar-refractivity contribution in [2.75, 3.05) is 18.0 Å². The number of nitrogens with zero attached hydrogens (tertiary/aromatic N) is 7. The monoisotopic (exact) mass is 413 g/mol. The first kappa shape index (κ1) is 17.8. The minimum Gasteiger partial charge on any atom is -0.351 e. The van der Waals surface area contributed by atoms with Crippen LogP contribution in [0, 0.1) is 5.92 Å². The van der Waals surface area contributed by atoms with Gasteiger partial charge in [0, 0.05) is 50.4 Å². The van der Waals surface area contributed by atoms with Gasteiger partial charge >= 0.3 is 0 Å². The van der Waals surface area contributed by atoms with Crippen molar-refractivity contribution in [2.24, 2.45) is 13.0 Å². The SMILES string of the molecule is Cn1cc(-c2cn3nccc3c(N3C[C@H]4CC[C@@H](C3)N4C(=O)[C@@H]3CC3(F)F)n2)cn1. The Kier molecular flexibility index (Phi) is 3.55. The minimum absolute atomic E-state index is 0.0560. The standard InChI is InChI=1S/C20H21F2N7O/c1-26-8-12(7-24-26)16-11-28-17(4-5-23-28)18(25-16)27-9-13-2-3-14(10-27)29(13)19(30)15-6-20(15,21)22/h4-5,7-8,11,13-15H,2-3,6,9-10H2,1H3/t13-,14+,15-/m0/s1. The summed E-state index contributed by atoms with van der Waals surface area (Å²) in [6, 6.07) is 1.80. The van der Waals surface area contributed by atoms with Gasteiger partial charge in [-0.2, -0.15) is 10.2 Å². The molecular formula is C20H21F2N7O. The molecule has 0 spiro atoms. The molecule has 0 radical (unpaired) electrons. The number of carbonyl (C=O) groups excluding carboxylic acids is 1. The smallest absolute Gasteiger partial charge is 0.260 e. The van der Waals surface area contributed by atoms with Gasteiger partial charge in [0.2, 0.25) is 5.91 Å². The van der Waals surface area contributed by atoms with Crippen molar-refractivity contribution in [3.05, 3.63) is 30.9 Å². The summed E-state index contributed by atoms with van der Waals surface area (Å²) in [5, 5.41) is 8.61. The number of rotatable bonds is 3. The van der Waals surface area contributed by atoms with Crippen molar-refractivity contribution < 1.29 is 13.6 Å². The largest absolute Gasteiger partial charge is 0.351 e. The first-order chi connectivity index (χ1) is 14.4. The average molecular weight is 413 g/mol. The second-order valence-electron chi connectivity index (χ2n) is 8.57. The summed E-state index contributed by atoms with van der Waals surface area (Å²) in [6.07, 6.45) is 8.63. The topological polar surface area (TPSA) is 71.6 Å². The Hall–Kier alpha value is -3.04. The molecule has 0 unspecified atom stereocenters. The van der Waals surface area contributed by atoms with Crippen LogP contribution in [0.15, 0.2) is 30.9 Å². The fraction of sp³-hybridized carbons (Fsp3) is 0.500. The van der Waals surface area contributed by atoms with E-state index in [1.165, 1.54) is 0 Å². The number of aryl methyl sites for hydroxylation is 1. The van der Waals surface area contributed by atoms with Gasteiger partial charge in [0.1, 0.15) is 11.4 Å². The van der Waals surface area contributed by atoms with Gasteiger partial charge in [-0.05, 0) is 18.9 Å². The van der Waals surface area contributed by atoms with Crippen LogP contribution in [-0.2, 0) is 11.8 Å². The van der Waals surface area contributed by atoms with Crippen LogP contribution in [0.5, 0.6) is 0 Å². The van der Waals surface area contributed by atoms with E-state index in [2.05, 4.69) is 15.1 Å². The predicted octanol–water partition coefficient (Wildman–Crippen LogP) is 1.96. The summed E-state index contributed by atoms with van der Waals surface area (Å²) < 4.78 is 30.5. The zero-order valence-electron chi connectivity index (χ0n) is 16.4. The summed E-state index contributed by atoms with van der Waals surface area (Å²) in [7, 11) is 1.86. The van der Waals surface area contributed by atoms with Crippen LogP contribution >= 0.6 is 0 Å². The Labute approximate surface area is 171 Å². The second kappa shape index (κ2) is 5.99. The quantitative estimate of drug-likeness (QED) is 0.657. The van der Waals surface area contributed by atoms with Crippen LogP contribution < -0.4 is 4.90 Å². The number of alkyl halides is 2. The van der Waals surface area contributed by atoms with Gasteiger partial charge in [0.05, 0.1) is 24.3 Å². The molecule has 1 saturated carbocycles. The molecule has 3 atom stereocenters. The predicted molar refractivity (Wildman–Crippen MR) is 104 cm³/mol. The zero-order chi connectivity index (χ0) is 20.6. The van der Waals surface area contributed by atoms with Gasteiger partial charge in [-0.25, -0.2) is 18.3 Å². The van der Waals surface area contributed by atoms with E-state index >= 15 is 0 Å². The van der Waals surface area contributed by atoms with Crippen LogP contribution in [0.2, 0.25) is 0 Å². The lowest BCUT2D eigenvalue weighted by Crippen LogP contribution is -2.56. The fourth-order valence-corrected chi connectivity index (χ4v) is 4.93. The van der Waals surface area contributed by atoms with Gasteiger partial charge in [0.25, 0.3) is 5.92 Å². The maximum absolute atomic E-state index is 13.5. The molecule has 10 heteroatoms. The van der Waals surface area contributed by atoms with Crippen molar-refractivity contribution in [1.29, 1.82) is 0 Å². The molecular weight excluding hydrogens is 392 g/mol. The number of carbonyl (C=O) groups is 1. The maximum Gasteiger partial charge on any atom is 0.260 e. The number of anilines is 1. The lowest BCUT2D eigenvalue weighted by molar-refractivity contribution is -0.138. The van der Waals surface area contributed by atoms with E-state index in [4.69, 9.17) is 4.98 Å². The molecule has 1 aliphatic carbocycles. The Morgan fingerprint density at radius 3 is 2.53 bits per heavy atom. The molecule has 1 amide bonds. The summed E-state index contributed by atoms with van der Waals surface area (Å²) in [5.41, 5.74) is 2.54. The normalized spacial score (nSPS) is 27.1. The van der Waals surface area contributed by atoms with E-state index in [9.17, 15) is 13.6 Å². The van der Waals surface area contributed by atoms with Crippen LogP contribution in [0.4, 0.5) is 14.6 Å². The highest BCUT2D eigenvalue weighted by Crippen LogP contribution is 2.51. The summed E-state index contributed by atoms with van der Waals surface area (Å²) in [6.45, 7) is 1.18. The van der Waals surface area contributed by atoms with Gasteiger partial charge in [-0.1, -0.05) is 0 Å². The Balaban J connectivity index is 1.33.